The summed E-state index contributed by atoms with van der Waals surface area (Å²) in [4.78, 5) is 25.4. The van der Waals surface area contributed by atoms with E-state index in [2.05, 4.69) is 4.98 Å². The van der Waals surface area contributed by atoms with Crippen molar-refractivity contribution in [3.63, 3.8) is 0 Å². The minimum atomic E-state index is -0.555. The van der Waals surface area contributed by atoms with Gasteiger partial charge in [-0.05, 0) is 19.3 Å². The van der Waals surface area contributed by atoms with Crippen molar-refractivity contribution < 1.29 is 9.84 Å². The predicted molar refractivity (Wildman–Crippen MR) is 65.9 cm³/mol. The van der Waals surface area contributed by atoms with Crippen molar-refractivity contribution in [2.45, 2.75) is 32.7 Å². The zero-order valence-electron chi connectivity index (χ0n) is 10.4. The Bertz CT molecular complexity index is 526. The zero-order valence-corrected chi connectivity index (χ0v) is 10.4. The van der Waals surface area contributed by atoms with Crippen LogP contribution in [0, 0.1) is 5.92 Å². The van der Waals surface area contributed by atoms with E-state index in [0.717, 1.165) is 19.4 Å². The van der Waals surface area contributed by atoms with Gasteiger partial charge in [0.25, 0.3) is 5.56 Å². The van der Waals surface area contributed by atoms with Crippen molar-refractivity contribution in [3.8, 4) is 5.88 Å². The van der Waals surface area contributed by atoms with Crippen molar-refractivity contribution in [2.75, 3.05) is 13.2 Å². The third kappa shape index (κ3) is 2.48. The number of rotatable bonds is 3. The molecule has 6 heteroatoms. The van der Waals surface area contributed by atoms with Crippen molar-refractivity contribution >= 4 is 0 Å². The molecular formula is C12H18N2O4. The van der Waals surface area contributed by atoms with Gasteiger partial charge in [0.15, 0.2) is 0 Å². The number of aromatic amines is 1. The Morgan fingerprint density at radius 1 is 1.50 bits per heavy atom. The Balaban J connectivity index is 2.32. The highest BCUT2D eigenvalue weighted by Crippen LogP contribution is 2.18. The zero-order chi connectivity index (χ0) is 13.1. The first-order valence-electron chi connectivity index (χ1n) is 6.26. The highest BCUT2D eigenvalue weighted by atomic mass is 16.5. The Labute approximate surface area is 104 Å². The third-order valence-corrected chi connectivity index (χ3v) is 3.31. The first-order valence-corrected chi connectivity index (χ1v) is 6.26. The van der Waals surface area contributed by atoms with Gasteiger partial charge in [-0.25, -0.2) is 4.79 Å². The fourth-order valence-corrected chi connectivity index (χ4v) is 2.30. The molecule has 1 fully saturated rings. The van der Waals surface area contributed by atoms with E-state index < -0.39 is 11.2 Å². The summed E-state index contributed by atoms with van der Waals surface area (Å²) in [6.07, 6.45) is 2.32. The summed E-state index contributed by atoms with van der Waals surface area (Å²) in [6.45, 7) is 3.49. The minimum Gasteiger partial charge on any atom is -0.494 e. The second kappa shape index (κ2) is 5.39. The van der Waals surface area contributed by atoms with Crippen molar-refractivity contribution in [1.82, 2.24) is 9.55 Å². The molecule has 0 spiro atoms. The number of nitrogens with one attached hydrogen (secondary N) is 1. The number of ether oxygens (including phenoxy) is 1. The SMILES string of the molecule is CCc1c(O)n(CC2CCCOC2)c(=O)[nH]c1=O. The van der Waals surface area contributed by atoms with Crippen LogP contribution in [0.3, 0.4) is 0 Å². The predicted octanol–water partition coefficient (Wildman–Crippen LogP) is 0.231. The number of H-pyrrole nitrogens is 1. The Morgan fingerprint density at radius 2 is 2.28 bits per heavy atom. The van der Waals surface area contributed by atoms with Gasteiger partial charge in [-0.2, -0.15) is 0 Å². The first-order chi connectivity index (χ1) is 8.63. The molecule has 0 aromatic carbocycles. The maximum Gasteiger partial charge on any atom is 0.331 e. The van der Waals surface area contributed by atoms with E-state index in [4.69, 9.17) is 4.74 Å². The second-order valence-electron chi connectivity index (χ2n) is 4.61. The van der Waals surface area contributed by atoms with Gasteiger partial charge in [0.1, 0.15) is 0 Å². The molecule has 0 radical (unpaired) electrons. The summed E-state index contributed by atoms with van der Waals surface area (Å²) < 4.78 is 6.58. The van der Waals surface area contributed by atoms with Crippen LogP contribution in [0.15, 0.2) is 9.59 Å². The van der Waals surface area contributed by atoms with Crippen LogP contribution in [0.5, 0.6) is 5.88 Å². The quantitative estimate of drug-likeness (QED) is 0.808. The smallest absolute Gasteiger partial charge is 0.331 e. The molecule has 1 unspecified atom stereocenters. The van der Waals surface area contributed by atoms with Gasteiger partial charge in [0, 0.05) is 19.1 Å². The number of nitrogens with zero attached hydrogens (tertiary/aromatic N) is 1. The monoisotopic (exact) mass is 254 g/mol. The van der Waals surface area contributed by atoms with E-state index in [1.165, 1.54) is 4.57 Å². The lowest BCUT2D eigenvalue weighted by Crippen LogP contribution is -2.35. The van der Waals surface area contributed by atoms with Crippen LogP contribution < -0.4 is 11.2 Å². The summed E-state index contributed by atoms with van der Waals surface area (Å²) in [5.41, 5.74) is -0.803. The average Bonchev–Trinajstić information content (AvgIpc) is 2.36. The van der Waals surface area contributed by atoms with Crippen LogP contribution in [-0.2, 0) is 17.7 Å². The van der Waals surface area contributed by atoms with Gasteiger partial charge in [-0.3, -0.25) is 14.3 Å². The first kappa shape index (κ1) is 12.9. The molecule has 0 bridgehead atoms. The lowest BCUT2D eigenvalue weighted by Gasteiger charge is -2.23. The normalized spacial score (nSPS) is 19.9. The molecule has 1 aliphatic heterocycles. The average molecular weight is 254 g/mol. The lowest BCUT2D eigenvalue weighted by atomic mass is 10.0. The number of aromatic hydroxyl groups is 1. The lowest BCUT2D eigenvalue weighted by molar-refractivity contribution is 0.0469. The van der Waals surface area contributed by atoms with Crippen LogP contribution in [0.2, 0.25) is 0 Å². The number of aromatic nitrogens is 2. The van der Waals surface area contributed by atoms with E-state index in [-0.39, 0.29) is 17.4 Å². The van der Waals surface area contributed by atoms with E-state index >= 15 is 0 Å². The number of hydrogen-bond donors (Lipinski definition) is 2. The molecule has 6 nitrogen and oxygen atoms in total. The largest absolute Gasteiger partial charge is 0.494 e. The molecular weight excluding hydrogens is 236 g/mol. The maximum absolute atomic E-state index is 11.7. The molecule has 0 amide bonds. The molecule has 1 saturated heterocycles. The molecule has 18 heavy (non-hydrogen) atoms. The summed E-state index contributed by atoms with van der Waals surface area (Å²) in [5, 5.41) is 9.98. The standard InChI is InChI=1S/C12H18N2O4/c1-2-9-10(15)13-12(17)14(11(9)16)6-8-4-3-5-18-7-8/h8,16H,2-7H2,1H3,(H,13,15,17). The molecule has 1 aromatic rings. The fraction of sp³-hybridized carbons (Fsp3) is 0.667. The van der Waals surface area contributed by atoms with Gasteiger partial charge in [-0.15, -0.1) is 0 Å². The van der Waals surface area contributed by atoms with Gasteiger partial charge in [0.05, 0.1) is 12.2 Å². The summed E-state index contributed by atoms with van der Waals surface area (Å²) in [7, 11) is 0. The highest BCUT2D eigenvalue weighted by Gasteiger charge is 2.19. The Morgan fingerprint density at radius 3 is 2.89 bits per heavy atom. The Kier molecular flexibility index (Phi) is 3.86. The molecule has 1 atom stereocenters. The summed E-state index contributed by atoms with van der Waals surface area (Å²) >= 11 is 0. The second-order valence-corrected chi connectivity index (χ2v) is 4.61. The summed E-state index contributed by atoms with van der Waals surface area (Å²) in [5.74, 6) is -0.00483. The fourth-order valence-electron chi connectivity index (χ4n) is 2.30. The van der Waals surface area contributed by atoms with E-state index in [1.54, 1.807) is 6.92 Å². The molecule has 1 aliphatic rings. The van der Waals surface area contributed by atoms with Crippen molar-refractivity contribution in [3.05, 3.63) is 26.4 Å². The van der Waals surface area contributed by atoms with Gasteiger partial charge < -0.3 is 9.84 Å². The number of hydrogen-bond acceptors (Lipinski definition) is 4. The molecule has 0 aliphatic carbocycles. The van der Waals surface area contributed by atoms with Gasteiger partial charge in [-0.1, -0.05) is 6.92 Å². The van der Waals surface area contributed by atoms with Crippen LogP contribution >= 0.6 is 0 Å². The van der Waals surface area contributed by atoms with Crippen molar-refractivity contribution in [1.29, 1.82) is 0 Å². The Hall–Kier alpha value is -1.56. The van der Waals surface area contributed by atoms with Crippen molar-refractivity contribution in [2.24, 2.45) is 5.92 Å². The van der Waals surface area contributed by atoms with Crippen LogP contribution in [0.1, 0.15) is 25.3 Å². The van der Waals surface area contributed by atoms with Gasteiger partial charge >= 0.3 is 5.69 Å². The molecule has 2 heterocycles. The van der Waals surface area contributed by atoms with E-state index in [0.29, 0.717) is 19.6 Å². The minimum absolute atomic E-state index is 0.206. The molecule has 2 rings (SSSR count). The highest BCUT2D eigenvalue weighted by molar-refractivity contribution is 5.22. The topological polar surface area (TPSA) is 84.3 Å². The molecule has 2 N–H and O–H groups in total. The van der Waals surface area contributed by atoms with E-state index in [9.17, 15) is 14.7 Å². The van der Waals surface area contributed by atoms with Crippen LogP contribution in [-0.4, -0.2) is 27.9 Å². The van der Waals surface area contributed by atoms with Gasteiger partial charge in [0.2, 0.25) is 5.88 Å². The molecule has 0 saturated carbocycles. The molecule has 100 valence electrons. The maximum atomic E-state index is 11.7. The third-order valence-electron chi connectivity index (χ3n) is 3.31. The summed E-state index contributed by atoms with van der Waals surface area (Å²) in [6, 6.07) is 0. The molecule has 1 aromatic heterocycles. The van der Waals surface area contributed by atoms with E-state index in [1.807, 2.05) is 0 Å². The van der Waals surface area contributed by atoms with Crippen LogP contribution in [0.25, 0.3) is 0 Å². The van der Waals surface area contributed by atoms with Crippen LogP contribution in [0.4, 0.5) is 0 Å².